The predicted octanol–water partition coefficient (Wildman–Crippen LogP) is 6.72. The number of thiazole rings is 2. The van der Waals surface area contributed by atoms with Crippen LogP contribution in [0, 0.1) is 0 Å². The van der Waals surface area contributed by atoms with E-state index >= 15 is 0 Å². The van der Waals surface area contributed by atoms with Gasteiger partial charge < -0.3 is 0 Å². The molecule has 0 amide bonds. The van der Waals surface area contributed by atoms with Gasteiger partial charge in [0.15, 0.2) is 0 Å². The van der Waals surface area contributed by atoms with Crippen LogP contribution in [0.5, 0.6) is 0 Å². The van der Waals surface area contributed by atoms with E-state index in [9.17, 15) is 0 Å². The largest absolute Gasteiger partial charge is 0.240 e. The SMILES string of the molecule is CC(=C1C=CC=C1)c1nc(C(C)(C)c2csc(C(C)=C3C=CC=C3)n2)cs1. The molecule has 0 unspecified atom stereocenters. The van der Waals surface area contributed by atoms with Gasteiger partial charge in [0.1, 0.15) is 10.0 Å². The summed E-state index contributed by atoms with van der Waals surface area (Å²) in [4.78, 5) is 9.92. The van der Waals surface area contributed by atoms with Gasteiger partial charge >= 0.3 is 0 Å². The summed E-state index contributed by atoms with van der Waals surface area (Å²) in [5, 5.41) is 6.52. The van der Waals surface area contributed by atoms with Crippen molar-refractivity contribution in [2.75, 3.05) is 0 Å². The smallest absolute Gasteiger partial charge is 0.119 e. The number of allylic oxidation sites excluding steroid dienone is 12. The van der Waals surface area contributed by atoms with E-state index in [1.54, 1.807) is 22.7 Å². The third kappa shape index (κ3) is 3.35. The maximum absolute atomic E-state index is 4.96. The molecule has 4 heteroatoms. The molecule has 2 aromatic heterocycles. The number of aromatic nitrogens is 2. The van der Waals surface area contributed by atoms with Crippen LogP contribution >= 0.6 is 22.7 Å². The molecule has 4 rings (SSSR count). The Labute approximate surface area is 168 Å². The lowest BCUT2D eigenvalue weighted by Crippen LogP contribution is -2.20. The van der Waals surface area contributed by atoms with Gasteiger partial charge in [-0.1, -0.05) is 48.6 Å². The molecule has 2 heterocycles. The Morgan fingerprint density at radius 2 is 1.07 bits per heavy atom. The summed E-state index contributed by atoms with van der Waals surface area (Å²) in [5.74, 6) is 0. The van der Waals surface area contributed by atoms with Crippen molar-refractivity contribution in [2.24, 2.45) is 0 Å². The molecule has 0 saturated heterocycles. The Bertz CT molecular complexity index is 953. The van der Waals surface area contributed by atoms with Crippen molar-refractivity contribution in [3.05, 3.63) is 91.9 Å². The monoisotopic (exact) mass is 390 g/mol. The molecule has 0 radical (unpaired) electrons. The van der Waals surface area contributed by atoms with Crippen molar-refractivity contribution in [1.82, 2.24) is 9.97 Å². The molecule has 0 bridgehead atoms. The highest BCUT2D eigenvalue weighted by atomic mass is 32.1. The molecule has 2 nitrogen and oxygen atoms in total. The average Bonchev–Trinajstić information content (AvgIpc) is 3.47. The summed E-state index contributed by atoms with van der Waals surface area (Å²) in [6.07, 6.45) is 16.8. The molecule has 0 fully saturated rings. The van der Waals surface area contributed by atoms with Crippen LogP contribution in [0.4, 0.5) is 0 Å². The first-order valence-corrected chi connectivity index (χ1v) is 10.8. The van der Waals surface area contributed by atoms with Crippen LogP contribution in [-0.4, -0.2) is 9.97 Å². The van der Waals surface area contributed by atoms with Gasteiger partial charge in [-0.2, -0.15) is 0 Å². The van der Waals surface area contributed by atoms with Crippen LogP contribution < -0.4 is 0 Å². The molecule has 0 atom stereocenters. The van der Waals surface area contributed by atoms with E-state index in [0.717, 1.165) is 21.4 Å². The summed E-state index contributed by atoms with van der Waals surface area (Å²) in [6.45, 7) is 8.70. The quantitative estimate of drug-likeness (QED) is 0.579. The molecular formula is C23H22N2S2. The molecule has 136 valence electrons. The van der Waals surface area contributed by atoms with E-state index in [0.29, 0.717) is 0 Å². The van der Waals surface area contributed by atoms with Gasteiger partial charge in [0, 0.05) is 10.8 Å². The molecule has 0 spiro atoms. The normalized spacial score (nSPS) is 15.4. The fourth-order valence-corrected chi connectivity index (χ4v) is 5.12. The zero-order valence-corrected chi connectivity index (χ0v) is 17.6. The van der Waals surface area contributed by atoms with Crippen LogP contribution in [-0.2, 0) is 5.41 Å². The minimum atomic E-state index is -0.220. The zero-order valence-electron chi connectivity index (χ0n) is 16.0. The van der Waals surface area contributed by atoms with Crippen LogP contribution in [0.2, 0.25) is 0 Å². The van der Waals surface area contributed by atoms with Gasteiger partial charge in [-0.05, 0) is 50.0 Å². The van der Waals surface area contributed by atoms with Gasteiger partial charge in [0.2, 0.25) is 0 Å². The number of hydrogen-bond donors (Lipinski definition) is 0. The number of nitrogens with zero attached hydrogens (tertiary/aromatic N) is 2. The lowest BCUT2D eigenvalue weighted by atomic mass is 9.87. The molecule has 2 aromatic rings. The minimum Gasteiger partial charge on any atom is -0.240 e. The Balaban J connectivity index is 1.65. The van der Waals surface area contributed by atoms with Crippen molar-refractivity contribution in [3.8, 4) is 0 Å². The van der Waals surface area contributed by atoms with Crippen LogP contribution in [0.1, 0.15) is 49.1 Å². The lowest BCUT2D eigenvalue weighted by Gasteiger charge is -2.20. The molecule has 27 heavy (non-hydrogen) atoms. The first-order chi connectivity index (χ1) is 13.0. The Kier molecular flexibility index (Phi) is 4.70. The number of rotatable bonds is 4. The minimum absolute atomic E-state index is 0.220. The van der Waals surface area contributed by atoms with E-state index in [1.165, 1.54) is 22.3 Å². The zero-order chi connectivity index (χ0) is 19.0. The Morgan fingerprint density at radius 3 is 1.44 bits per heavy atom. The van der Waals surface area contributed by atoms with Gasteiger partial charge in [0.05, 0.1) is 16.8 Å². The third-order valence-corrected chi connectivity index (χ3v) is 7.05. The molecule has 0 aliphatic heterocycles. The molecule has 0 N–H and O–H groups in total. The number of hydrogen-bond acceptors (Lipinski definition) is 4. The van der Waals surface area contributed by atoms with E-state index < -0.39 is 0 Å². The molecule has 2 aliphatic carbocycles. The topological polar surface area (TPSA) is 25.8 Å². The second kappa shape index (κ2) is 7.02. The predicted molar refractivity (Wildman–Crippen MR) is 118 cm³/mol. The van der Waals surface area contributed by atoms with E-state index in [4.69, 9.17) is 9.97 Å². The van der Waals surface area contributed by atoms with Gasteiger partial charge in [-0.15, -0.1) is 22.7 Å². The van der Waals surface area contributed by atoms with Crippen molar-refractivity contribution < 1.29 is 0 Å². The highest BCUT2D eigenvalue weighted by Crippen LogP contribution is 2.36. The van der Waals surface area contributed by atoms with Crippen molar-refractivity contribution in [3.63, 3.8) is 0 Å². The highest BCUT2D eigenvalue weighted by molar-refractivity contribution is 7.11. The van der Waals surface area contributed by atoms with Crippen molar-refractivity contribution in [1.29, 1.82) is 0 Å². The standard InChI is InChI=1S/C23H22N2S2/c1-15(17-9-5-6-10-17)21-24-19(13-26-21)23(3,4)20-14-27-22(25-20)16(2)18-11-7-8-12-18/h5-14H,1-4H3. The average molecular weight is 391 g/mol. The Morgan fingerprint density at radius 1 is 0.704 bits per heavy atom. The fourth-order valence-electron chi connectivity index (χ4n) is 3.09. The summed E-state index contributed by atoms with van der Waals surface area (Å²) >= 11 is 3.42. The van der Waals surface area contributed by atoms with Gasteiger partial charge in [-0.25, -0.2) is 9.97 Å². The first-order valence-electron chi connectivity index (χ1n) is 9.01. The first kappa shape index (κ1) is 18.1. The van der Waals surface area contributed by atoms with E-state index in [-0.39, 0.29) is 5.41 Å². The van der Waals surface area contributed by atoms with Crippen molar-refractivity contribution in [2.45, 2.75) is 33.1 Å². The second-order valence-electron chi connectivity index (χ2n) is 7.30. The molecule has 0 aromatic carbocycles. The van der Waals surface area contributed by atoms with E-state index in [1.807, 2.05) is 0 Å². The summed E-state index contributed by atoms with van der Waals surface area (Å²) in [5.41, 5.74) is 6.88. The molecule has 2 aliphatic rings. The fraction of sp³-hybridized carbons (Fsp3) is 0.217. The van der Waals surface area contributed by atoms with E-state index in [2.05, 4.69) is 87.1 Å². The lowest BCUT2D eigenvalue weighted by molar-refractivity contribution is 0.603. The Hall–Kier alpha value is -2.30. The van der Waals surface area contributed by atoms with Crippen molar-refractivity contribution >= 4 is 33.8 Å². The summed E-state index contributed by atoms with van der Waals surface area (Å²) < 4.78 is 0. The van der Waals surface area contributed by atoms with Crippen LogP contribution in [0.15, 0.2) is 70.5 Å². The summed E-state index contributed by atoms with van der Waals surface area (Å²) in [7, 11) is 0. The molecular weight excluding hydrogens is 368 g/mol. The van der Waals surface area contributed by atoms with Gasteiger partial charge in [0.25, 0.3) is 0 Å². The highest BCUT2D eigenvalue weighted by Gasteiger charge is 2.29. The third-order valence-electron chi connectivity index (χ3n) is 5.12. The summed E-state index contributed by atoms with van der Waals surface area (Å²) in [6, 6.07) is 0. The van der Waals surface area contributed by atoms with Crippen LogP contribution in [0.3, 0.4) is 0 Å². The maximum Gasteiger partial charge on any atom is 0.119 e. The maximum atomic E-state index is 4.96. The van der Waals surface area contributed by atoms with Crippen LogP contribution in [0.25, 0.3) is 11.1 Å². The second-order valence-corrected chi connectivity index (χ2v) is 9.01. The van der Waals surface area contributed by atoms with Gasteiger partial charge in [-0.3, -0.25) is 0 Å². The molecule has 0 saturated carbocycles.